The van der Waals surface area contributed by atoms with E-state index in [4.69, 9.17) is 15.7 Å². The summed E-state index contributed by atoms with van der Waals surface area (Å²) in [5, 5.41) is 11.7. The fraction of sp³-hybridized carbons (Fsp3) is 0.429. The molecule has 0 saturated carbocycles. The van der Waals surface area contributed by atoms with Crippen LogP contribution in [0.4, 0.5) is 10.5 Å². The van der Waals surface area contributed by atoms with E-state index in [-0.39, 0.29) is 12.1 Å². The minimum absolute atomic E-state index is 0.0305. The summed E-state index contributed by atoms with van der Waals surface area (Å²) in [6.45, 7) is 1.10. The summed E-state index contributed by atoms with van der Waals surface area (Å²) >= 11 is 0. The second-order valence-corrected chi connectivity index (χ2v) is 4.69. The average molecular weight is 274 g/mol. The van der Waals surface area contributed by atoms with Crippen molar-refractivity contribution < 1.29 is 9.53 Å². The van der Waals surface area contributed by atoms with Crippen LogP contribution in [0.3, 0.4) is 0 Å². The van der Waals surface area contributed by atoms with Crippen LogP contribution >= 0.6 is 0 Å². The number of ether oxygens (including phenoxy) is 1. The number of hydrogen-bond acceptors (Lipinski definition) is 4. The summed E-state index contributed by atoms with van der Waals surface area (Å²) in [6.07, 6.45) is 1.86. The van der Waals surface area contributed by atoms with Crippen molar-refractivity contribution in [1.82, 2.24) is 10.2 Å². The van der Waals surface area contributed by atoms with Crippen molar-refractivity contribution in [2.75, 3.05) is 25.9 Å². The summed E-state index contributed by atoms with van der Waals surface area (Å²) in [5.74, 6) is 0.469. The van der Waals surface area contributed by atoms with E-state index in [0.29, 0.717) is 23.6 Å². The van der Waals surface area contributed by atoms with Crippen LogP contribution in [0.5, 0.6) is 5.75 Å². The predicted octanol–water partition coefficient (Wildman–Crippen LogP) is 1.32. The Bertz CT molecular complexity index is 538. The lowest BCUT2D eigenvalue weighted by molar-refractivity contribution is 0.167. The van der Waals surface area contributed by atoms with Crippen molar-refractivity contribution in [2.45, 2.75) is 18.9 Å². The molecule has 1 aromatic rings. The molecule has 106 valence electrons. The molecule has 1 aliphatic heterocycles. The molecule has 0 aromatic heterocycles. The maximum absolute atomic E-state index is 11.7. The van der Waals surface area contributed by atoms with E-state index in [2.05, 4.69) is 5.32 Å². The van der Waals surface area contributed by atoms with E-state index in [1.807, 2.05) is 6.07 Å². The van der Waals surface area contributed by atoms with Crippen LogP contribution in [-0.4, -0.2) is 37.2 Å². The highest BCUT2D eigenvalue weighted by Gasteiger charge is 2.28. The number of rotatable bonds is 3. The van der Waals surface area contributed by atoms with Gasteiger partial charge >= 0.3 is 6.03 Å². The van der Waals surface area contributed by atoms with Gasteiger partial charge in [0, 0.05) is 13.6 Å². The lowest BCUT2D eigenvalue weighted by atomic mass is 10.2. The van der Waals surface area contributed by atoms with Crippen LogP contribution < -0.4 is 15.8 Å². The number of likely N-dealkylation sites (tertiary alicyclic amines) is 1. The number of urea groups is 1. The molecule has 0 radical (unpaired) electrons. The van der Waals surface area contributed by atoms with Crippen molar-refractivity contribution in [3.63, 3.8) is 0 Å². The first-order valence-corrected chi connectivity index (χ1v) is 6.57. The third-order valence-corrected chi connectivity index (χ3v) is 3.45. The highest BCUT2D eigenvalue weighted by molar-refractivity contribution is 5.74. The Kier molecular flexibility index (Phi) is 4.31. The Labute approximate surface area is 118 Å². The normalized spacial score (nSPS) is 17.6. The van der Waals surface area contributed by atoms with Gasteiger partial charge in [-0.1, -0.05) is 6.07 Å². The summed E-state index contributed by atoms with van der Waals surface area (Å²) in [5.41, 5.74) is 6.48. The summed E-state index contributed by atoms with van der Waals surface area (Å²) < 4.78 is 5.69. The maximum atomic E-state index is 11.7. The number of nitrogen functional groups attached to an aromatic ring is 1. The third-order valence-electron chi connectivity index (χ3n) is 3.45. The molecule has 1 atom stereocenters. The standard InChI is InChI=1S/C14H18N4O2/c1-17-14(19)18-7-3-4-10(18)9-20-13-6-2-5-12(16)11(13)8-15/h2,5-6,10H,3-4,7,9,16H2,1H3,(H,17,19). The van der Waals surface area contributed by atoms with Gasteiger partial charge < -0.3 is 20.7 Å². The van der Waals surface area contributed by atoms with Crippen LogP contribution in [0.2, 0.25) is 0 Å². The molecule has 0 spiro atoms. The first kappa shape index (κ1) is 14.0. The van der Waals surface area contributed by atoms with Gasteiger partial charge in [0.05, 0.1) is 11.7 Å². The molecule has 3 N–H and O–H groups in total. The molecule has 1 aromatic carbocycles. The number of nitrogens with zero attached hydrogens (tertiary/aromatic N) is 2. The maximum Gasteiger partial charge on any atom is 0.317 e. The SMILES string of the molecule is CNC(=O)N1CCCC1COc1cccc(N)c1C#N. The van der Waals surface area contributed by atoms with Crippen LogP contribution in [0, 0.1) is 11.3 Å². The Morgan fingerprint density at radius 1 is 1.65 bits per heavy atom. The second kappa shape index (κ2) is 6.15. The molecule has 1 unspecified atom stereocenters. The molecule has 2 amide bonds. The van der Waals surface area contributed by atoms with Gasteiger partial charge in [0.2, 0.25) is 0 Å². The molecule has 1 heterocycles. The molecular weight excluding hydrogens is 256 g/mol. The fourth-order valence-electron chi connectivity index (χ4n) is 2.39. The number of carbonyl (C=O) groups is 1. The average Bonchev–Trinajstić information content (AvgIpc) is 2.92. The first-order valence-electron chi connectivity index (χ1n) is 6.57. The van der Waals surface area contributed by atoms with Gasteiger partial charge in [-0.2, -0.15) is 5.26 Å². The summed E-state index contributed by atoms with van der Waals surface area (Å²) in [4.78, 5) is 13.5. The first-order chi connectivity index (χ1) is 9.67. The quantitative estimate of drug-likeness (QED) is 0.813. The molecule has 20 heavy (non-hydrogen) atoms. The summed E-state index contributed by atoms with van der Waals surface area (Å²) in [6, 6.07) is 7.11. The minimum atomic E-state index is -0.0933. The number of anilines is 1. The Morgan fingerprint density at radius 2 is 2.45 bits per heavy atom. The van der Waals surface area contributed by atoms with Crippen molar-refractivity contribution in [3.8, 4) is 11.8 Å². The number of nitrogens with one attached hydrogen (secondary N) is 1. The number of nitrogens with two attached hydrogens (primary N) is 1. The van der Waals surface area contributed by atoms with Gasteiger partial charge in [0.25, 0.3) is 0 Å². The molecule has 6 heteroatoms. The molecule has 2 rings (SSSR count). The van der Waals surface area contributed by atoms with E-state index in [1.54, 1.807) is 30.1 Å². The number of hydrogen-bond donors (Lipinski definition) is 2. The Morgan fingerprint density at radius 3 is 3.15 bits per heavy atom. The second-order valence-electron chi connectivity index (χ2n) is 4.69. The van der Waals surface area contributed by atoms with Gasteiger partial charge in [0.15, 0.2) is 0 Å². The van der Waals surface area contributed by atoms with Crippen molar-refractivity contribution in [3.05, 3.63) is 23.8 Å². The molecule has 1 fully saturated rings. The minimum Gasteiger partial charge on any atom is -0.490 e. The van der Waals surface area contributed by atoms with Crippen molar-refractivity contribution in [1.29, 1.82) is 5.26 Å². The molecule has 6 nitrogen and oxygen atoms in total. The largest absolute Gasteiger partial charge is 0.490 e. The van der Waals surface area contributed by atoms with Gasteiger partial charge in [-0.15, -0.1) is 0 Å². The summed E-state index contributed by atoms with van der Waals surface area (Å²) in [7, 11) is 1.62. The zero-order valence-corrected chi connectivity index (χ0v) is 11.4. The van der Waals surface area contributed by atoms with E-state index in [9.17, 15) is 4.79 Å². The Hall–Kier alpha value is -2.42. The van der Waals surface area contributed by atoms with Gasteiger partial charge in [-0.25, -0.2) is 4.79 Å². The highest BCUT2D eigenvalue weighted by atomic mass is 16.5. The fourth-order valence-corrected chi connectivity index (χ4v) is 2.39. The number of amides is 2. The molecular formula is C14H18N4O2. The highest BCUT2D eigenvalue weighted by Crippen LogP contribution is 2.25. The van der Waals surface area contributed by atoms with Gasteiger partial charge in [-0.05, 0) is 25.0 Å². The lowest BCUT2D eigenvalue weighted by Crippen LogP contribution is -2.43. The zero-order valence-electron chi connectivity index (χ0n) is 11.4. The van der Waals surface area contributed by atoms with Crippen molar-refractivity contribution >= 4 is 11.7 Å². The number of nitriles is 1. The number of carbonyl (C=O) groups excluding carboxylic acids is 1. The van der Waals surface area contributed by atoms with E-state index >= 15 is 0 Å². The monoisotopic (exact) mass is 274 g/mol. The van der Waals surface area contributed by atoms with Crippen LogP contribution in [0.1, 0.15) is 18.4 Å². The molecule has 1 aliphatic rings. The topological polar surface area (TPSA) is 91.4 Å². The van der Waals surface area contributed by atoms with Crippen LogP contribution in [0.15, 0.2) is 18.2 Å². The van der Waals surface area contributed by atoms with Crippen LogP contribution in [0.25, 0.3) is 0 Å². The third kappa shape index (κ3) is 2.77. The van der Waals surface area contributed by atoms with E-state index in [0.717, 1.165) is 19.4 Å². The van der Waals surface area contributed by atoms with Gasteiger partial charge in [0.1, 0.15) is 24.0 Å². The van der Waals surface area contributed by atoms with Crippen LogP contribution in [-0.2, 0) is 0 Å². The number of benzene rings is 1. The zero-order chi connectivity index (χ0) is 14.5. The van der Waals surface area contributed by atoms with Gasteiger partial charge in [-0.3, -0.25) is 0 Å². The van der Waals surface area contributed by atoms with E-state index < -0.39 is 0 Å². The Balaban J connectivity index is 2.04. The van der Waals surface area contributed by atoms with Crippen molar-refractivity contribution in [2.24, 2.45) is 0 Å². The van der Waals surface area contributed by atoms with E-state index in [1.165, 1.54) is 0 Å². The molecule has 0 aliphatic carbocycles. The smallest absolute Gasteiger partial charge is 0.317 e. The molecule has 1 saturated heterocycles. The molecule has 0 bridgehead atoms. The predicted molar refractivity (Wildman–Crippen MR) is 75.2 cm³/mol. The lowest BCUT2D eigenvalue weighted by Gasteiger charge is -2.24.